The highest BCUT2D eigenvalue weighted by molar-refractivity contribution is 5.38. The van der Waals surface area contributed by atoms with Crippen molar-refractivity contribution in [2.45, 2.75) is 64.2 Å². The average Bonchev–Trinajstić information content (AvgIpc) is 3.25. The summed E-state index contributed by atoms with van der Waals surface area (Å²) in [5.41, 5.74) is 4.95. The van der Waals surface area contributed by atoms with Crippen molar-refractivity contribution in [3.8, 4) is 0 Å². The molecular formula is C23H32N6O. The lowest BCUT2D eigenvalue weighted by Crippen LogP contribution is -2.40. The summed E-state index contributed by atoms with van der Waals surface area (Å²) >= 11 is 0. The summed E-state index contributed by atoms with van der Waals surface area (Å²) in [6.07, 6.45) is 11.7. The molecule has 2 fully saturated rings. The number of hydrogen-bond acceptors (Lipinski definition) is 6. The SMILES string of the molecule is C=CCn1cc(CN2[C@H]3CC[C@H]2c2cnc(N4CCC[C@H](CO)C4)nc2C3)c(C)n1. The number of anilines is 1. The highest BCUT2D eigenvalue weighted by Gasteiger charge is 2.41. The van der Waals surface area contributed by atoms with E-state index in [0.717, 1.165) is 57.1 Å². The Hall–Kier alpha value is -2.25. The van der Waals surface area contributed by atoms with Crippen LogP contribution in [0.3, 0.4) is 0 Å². The lowest BCUT2D eigenvalue weighted by Gasteiger charge is -2.37. The van der Waals surface area contributed by atoms with Crippen LogP contribution in [0.1, 0.15) is 54.2 Å². The molecule has 7 heteroatoms. The van der Waals surface area contributed by atoms with E-state index in [1.165, 1.54) is 29.7 Å². The van der Waals surface area contributed by atoms with Crippen molar-refractivity contribution in [2.24, 2.45) is 5.92 Å². The van der Waals surface area contributed by atoms with Crippen LogP contribution in [0.4, 0.5) is 5.95 Å². The first-order valence-corrected chi connectivity index (χ1v) is 11.3. The molecule has 2 bridgehead atoms. The molecule has 7 nitrogen and oxygen atoms in total. The van der Waals surface area contributed by atoms with E-state index in [-0.39, 0.29) is 6.61 Å². The van der Waals surface area contributed by atoms with E-state index in [2.05, 4.69) is 40.8 Å². The monoisotopic (exact) mass is 408 g/mol. The van der Waals surface area contributed by atoms with Crippen molar-refractivity contribution in [3.63, 3.8) is 0 Å². The van der Waals surface area contributed by atoms with E-state index in [1.807, 2.05) is 10.8 Å². The molecule has 2 aromatic rings. The Kier molecular flexibility index (Phi) is 5.33. The number of allylic oxidation sites excluding steroid dienone is 1. The Balaban J connectivity index is 1.35. The van der Waals surface area contributed by atoms with Gasteiger partial charge in [-0.05, 0) is 38.5 Å². The van der Waals surface area contributed by atoms with Crippen LogP contribution in [-0.4, -0.2) is 55.5 Å². The number of aliphatic hydroxyl groups is 1. The van der Waals surface area contributed by atoms with Gasteiger partial charge in [-0.1, -0.05) is 6.08 Å². The molecule has 1 N–H and O–H groups in total. The molecule has 0 amide bonds. The molecule has 5 rings (SSSR count). The molecule has 0 unspecified atom stereocenters. The largest absolute Gasteiger partial charge is 0.396 e. The fraction of sp³-hybridized carbons (Fsp3) is 0.609. The molecule has 0 radical (unpaired) electrons. The Bertz CT molecular complexity index is 924. The van der Waals surface area contributed by atoms with Crippen molar-refractivity contribution in [1.29, 1.82) is 0 Å². The van der Waals surface area contributed by atoms with Crippen LogP contribution in [0.15, 0.2) is 25.0 Å². The Morgan fingerprint density at radius 1 is 1.30 bits per heavy atom. The Labute approximate surface area is 178 Å². The topological polar surface area (TPSA) is 70.3 Å². The number of aliphatic hydroxyl groups excluding tert-OH is 1. The summed E-state index contributed by atoms with van der Waals surface area (Å²) < 4.78 is 1.98. The standard InChI is InChI=1S/C23H32N6O/c1-3-8-28-13-18(16(2)26-28)14-29-19-6-7-22(29)20-11-24-23(25-21(20)10-19)27-9-4-5-17(12-27)15-30/h3,11,13,17,19,22,30H,1,4-10,12,14-15H2,2H3/t17-,19-,22-/m0/s1. The number of piperidine rings is 1. The fourth-order valence-corrected chi connectivity index (χ4v) is 5.49. The molecule has 2 saturated heterocycles. The molecule has 2 aromatic heterocycles. The van der Waals surface area contributed by atoms with Gasteiger partial charge in [0.05, 0.1) is 17.9 Å². The maximum atomic E-state index is 9.54. The third-order valence-corrected chi connectivity index (χ3v) is 7.10. The first kappa shape index (κ1) is 19.7. The van der Waals surface area contributed by atoms with Gasteiger partial charge >= 0.3 is 0 Å². The van der Waals surface area contributed by atoms with Gasteiger partial charge in [-0.15, -0.1) is 6.58 Å². The van der Waals surface area contributed by atoms with Crippen LogP contribution in [-0.2, 0) is 19.5 Å². The van der Waals surface area contributed by atoms with Gasteiger partial charge in [-0.25, -0.2) is 9.97 Å². The summed E-state index contributed by atoms with van der Waals surface area (Å²) in [7, 11) is 0. The van der Waals surface area contributed by atoms with Crippen molar-refractivity contribution in [3.05, 3.63) is 47.6 Å². The van der Waals surface area contributed by atoms with Gasteiger partial charge in [0.15, 0.2) is 0 Å². The predicted octanol–water partition coefficient (Wildman–Crippen LogP) is 2.64. The van der Waals surface area contributed by atoms with Crippen LogP contribution >= 0.6 is 0 Å². The third kappa shape index (κ3) is 3.54. The van der Waals surface area contributed by atoms with Gasteiger partial charge in [-0.3, -0.25) is 9.58 Å². The third-order valence-electron chi connectivity index (χ3n) is 7.10. The summed E-state index contributed by atoms with van der Waals surface area (Å²) in [5, 5.41) is 14.2. The summed E-state index contributed by atoms with van der Waals surface area (Å²) in [5.74, 6) is 1.19. The molecular weight excluding hydrogens is 376 g/mol. The molecule has 3 aliphatic heterocycles. The molecule has 3 aliphatic rings. The fourth-order valence-electron chi connectivity index (χ4n) is 5.49. The van der Waals surface area contributed by atoms with E-state index < -0.39 is 0 Å². The average molecular weight is 409 g/mol. The lowest BCUT2D eigenvalue weighted by atomic mass is 9.98. The van der Waals surface area contributed by atoms with E-state index in [4.69, 9.17) is 9.97 Å². The summed E-state index contributed by atoms with van der Waals surface area (Å²) in [4.78, 5) is 14.7. The second-order valence-electron chi connectivity index (χ2n) is 9.08. The minimum atomic E-state index is 0.253. The van der Waals surface area contributed by atoms with Crippen molar-refractivity contribution >= 4 is 5.95 Å². The quantitative estimate of drug-likeness (QED) is 0.741. The zero-order valence-corrected chi connectivity index (χ0v) is 17.9. The van der Waals surface area contributed by atoms with Crippen LogP contribution in [0, 0.1) is 12.8 Å². The highest BCUT2D eigenvalue weighted by atomic mass is 16.3. The van der Waals surface area contributed by atoms with Crippen LogP contribution in [0.5, 0.6) is 0 Å². The number of hydrogen-bond donors (Lipinski definition) is 1. The number of fused-ring (bicyclic) bond motifs is 4. The first-order chi connectivity index (χ1) is 14.7. The number of nitrogens with zero attached hydrogens (tertiary/aromatic N) is 6. The minimum Gasteiger partial charge on any atom is -0.396 e. The Morgan fingerprint density at radius 3 is 3.03 bits per heavy atom. The highest BCUT2D eigenvalue weighted by Crippen LogP contribution is 2.44. The van der Waals surface area contributed by atoms with Gasteiger partial charge in [0.1, 0.15) is 0 Å². The van der Waals surface area contributed by atoms with E-state index in [0.29, 0.717) is 18.0 Å². The Morgan fingerprint density at radius 2 is 2.20 bits per heavy atom. The van der Waals surface area contributed by atoms with Crippen molar-refractivity contribution in [2.75, 3.05) is 24.6 Å². The van der Waals surface area contributed by atoms with Crippen molar-refractivity contribution < 1.29 is 5.11 Å². The molecule has 0 spiro atoms. The zero-order valence-electron chi connectivity index (χ0n) is 17.9. The van der Waals surface area contributed by atoms with Gasteiger partial charge in [0.25, 0.3) is 0 Å². The number of rotatable bonds is 6. The normalized spacial score (nSPS) is 26.1. The predicted molar refractivity (Wildman–Crippen MR) is 116 cm³/mol. The molecule has 160 valence electrons. The summed E-state index contributed by atoms with van der Waals surface area (Å²) in [6, 6.07) is 0.945. The first-order valence-electron chi connectivity index (χ1n) is 11.3. The maximum Gasteiger partial charge on any atom is 0.225 e. The van der Waals surface area contributed by atoms with Crippen molar-refractivity contribution in [1.82, 2.24) is 24.6 Å². The van der Waals surface area contributed by atoms with E-state index in [9.17, 15) is 5.11 Å². The second kappa shape index (κ2) is 8.12. The molecule has 5 heterocycles. The van der Waals surface area contributed by atoms with Crippen LogP contribution in [0.2, 0.25) is 0 Å². The number of aryl methyl sites for hydroxylation is 1. The summed E-state index contributed by atoms with van der Waals surface area (Å²) in [6.45, 7) is 9.71. The maximum absolute atomic E-state index is 9.54. The molecule has 30 heavy (non-hydrogen) atoms. The molecule has 3 atom stereocenters. The van der Waals surface area contributed by atoms with Gasteiger partial charge in [-0.2, -0.15) is 5.10 Å². The van der Waals surface area contributed by atoms with Gasteiger partial charge < -0.3 is 10.0 Å². The van der Waals surface area contributed by atoms with Gasteiger partial charge in [0.2, 0.25) is 5.95 Å². The van der Waals surface area contributed by atoms with E-state index in [1.54, 1.807) is 0 Å². The molecule has 0 aliphatic carbocycles. The van der Waals surface area contributed by atoms with Crippen LogP contribution < -0.4 is 4.90 Å². The van der Waals surface area contributed by atoms with Crippen LogP contribution in [0.25, 0.3) is 0 Å². The van der Waals surface area contributed by atoms with Gasteiger partial charge in [0, 0.05) is 68.3 Å². The van der Waals surface area contributed by atoms with E-state index >= 15 is 0 Å². The molecule has 0 saturated carbocycles. The number of aromatic nitrogens is 4. The smallest absolute Gasteiger partial charge is 0.225 e. The zero-order chi connectivity index (χ0) is 20.7. The minimum absolute atomic E-state index is 0.253. The second-order valence-corrected chi connectivity index (χ2v) is 9.08. The lowest BCUT2D eigenvalue weighted by molar-refractivity contribution is 0.165. The molecule has 0 aromatic carbocycles.